The SMILES string of the molecule is ClCC(NCc1ccc(Br)cc1)c1ccccc1. The van der Waals surface area contributed by atoms with Crippen molar-refractivity contribution in [2.45, 2.75) is 12.6 Å². The lowest BCUT2D eigenvalue weighted by atomic mass is 10.1. The van der Waals surface area contributed by atoms with Crippen LogP contribution in [-0.2, 0) is 6.54 Å². The minimum atomic E-state index is 0.191. The molecule has 0 spiro atoms. The van der Waals surface area contributed by atoms with Crippen LogP contribution in [0.5, 0.6) is 0 Å². The quantitative estimate of drug-likeness (QED) is 0.797. The maximum absolute atomic E-state index is 6.02. The molecule has 3 heteroatoms. The van der Waals surface area contributed by atoms with Crippen molar-refractivity contribution in [1.29, 1.82) is 0 Å². The van der Waals surface area contributed by atoms with Crippen LogP contribution in [0.3, 0.4) is 0 Å². The number of rotatable bonds is 5. The van der Waals surface area contributed by atoms with Gasteiger partial charge in [-0.3, -0.25) is 0 Å². The van der Waals surface area contributed by atoms with Crippen molar-refractivity contribution in [3.63, 3.8) is 0 Å². The Labute approximate surface area is 121 Å². The fraction of sp³-hybridized carbons (Fsp3) is 0.200. The second kappa shape index (κ2) is 6.93. The van der Waals surface area contributed by atoms with Gasteiger partial charge < -0.3 is 5.32 Å². The van der Waals surface area contributed by atoms with Crippen LogP contribution in [0.25, 0.3) is 0 Å². The summed E-state index contributed by atoms with van der Waals surface area (Å²) in [6.07, 6.45) is 0. The van der Waals surface area contributed by atoms with E-state index in [4.69, 9.17) is 11.6 Å². The summed E-state index contributed by atoms with van der Waals surface area (Å²) in [6, 6.07) is 18.8. The summed E-state index contributed by atoms with van der Waals surface area (Å²) in [5.74, 6) is 0.570. The average molecular weight is 325 g/mol. The van der Waals surface area contributed by atoms with E-state index in [1.165, 1.54) is 11.1 Å². The van der Waals surface area contributed by atoms with Gasteiger partial charge in [-0.25, -0.2) is 0 Å². The third-order valence-electron chi connectivity index (χ3n) is 2.82. The van der Waals surface area contributed by atoms with Gasteiger partial charge in [0.15, 0.2) is 0 Å². The van der Waals surface area contributed by atoms with Crippen molar-refractivity contribution >= 4 is 27.5 Å². The summed E-state index contributed by atoms with van der Waals surface area (Å²) >= 11 is 9.46. The van der Waals surface area contributed by atoms with Crippen LogP contribution in [0, 0.1) is 0 Å². The van der Waals surface area contributed by atoms with E-state index in [9.17, 15) is 0 Å². The predicted octanol–water partition coefficient (Wildman–Crippen LogP) is 4.52. The average Bonchev–Trinajstić information content (AvgIpc) is 2.43. The minimum Gasteiger partial charge on any atom is -0.305 e. The molecule has 0 aliphatic heterocycles. The van der Waals surface area contributed by atoms with Crippen LogP contribution in [0.1, 0.15) is 17.2 Å². The van der Waals surface area contributed by atoms with E-state index in [1.54, 1.807) is 0 Å². The molecule has 1 N–H and O–H groups in total. The van der Waals surface area contributed by atoms with Crippen LogP contribution in [0.4, 0.5) is 0 Å². The molecule has 0 bridgehead atoms. The Kier molecular flexibility index (Phi) is 5.24. The van der Waals surface area contributed by atoms with Gasteiger partial charge in [-0.2, -0.15) is 0 Å². The van der Waals surface area contributed by atoms with E-state index in [-0.39, 0.29) is 6.04 Å². The first kappa shape index (κ1) is 13.6. The van der Waals surface area contributed by atoms with Crippen LogP contribution >= 0.6 is 27.5 Å². The first-order valence-electron chi connectivity index (χ1n) is 5.88. The van der Waals surface area contributed by atoms with Crippen LogP contribution in [-0.4, -0.2) is 5.88 Å². The molecule has 0 aromatic heterocycles. The van der Waals surface area contributed by atoms with Crippen LogP contribution < -0.4 is 5.32 Å². The van der Waals surface area contributed by atoms with Gasteiger partial charge in [0.05, 0.1) is 0 Å². The number of benzene rings is 2. The largest absolute Gasteiger partial charge is 0.305 e. The van der Waals surface area contributed by atoms with E-state index in [2.05, 4.69) is 57.6 Å². The maximum Gasteiger partial charge on any atom is 0.0460 e. The van der Waals surface area contributed by atoms with Gasteiger partial charge in [0.25, 0.3) is 0 Å². The Morgan fingerprint density at radius 2 is 1.67 bits per heavy atom. The number of nitrogens with one attached hydrogen (secondary N) is 1. The number of hydrogen-bond acceptors (Lipinski definition) is 1. The second-order valence-electron chi connectivity index (χ2n) is 4.12. The Hall–Kier alpha value is -0.830. The highest BCUT2D eigenvalue weighted by Gasteiger charge is 2.08. The molecule has 2 aromatic rings. The fourth-order valence-electron chi connectivity index (χ4n) is 1.79. The van der Waals surface area contributed by atoms with Gasteiger partial charge in [0.2, 0.25) is 0 Å². The smallest absolute Gasteiger partial charge is 0.0460 e. The highest BCUT2D eigenvalue weighted by Crippen LogP contribution is 2.16. The van der Waals surface area contributed by atoms with Crippen LogP contribution in [0.2, 0.25) is 0 Å². The summed E-state index contributed by atoms with van der Waals surface area (Å²) in [5, 5.41) is 3.47. The van der Waals surface area contributed by atoms with Crippen molar-refractivity contribution < 1.29 is 0 Å². The maximum atomic E-state index is 6.02. The first-order valence-corrected chi connectivity index (χ1v) is 7.21. The molecule has 0 fully saturated rings. The van der Waals surface area contributed by atoms with Gasteiger partial charge >= 0.3 is 0 Å². The third-order valence-corrected chi connectivity index (χ3v) is 3.66. The molecule has 2 aromatic carbocycles. The van der Waals surface area contributed by atoms with Crippen molar-refractivity contribution in [3.05, 3.63) is 70.2 Å². The topological polar surface area (TPSA) is 12.0 Å². The van der Waals surface area contributed by atoms with E-state index in [1.807, 2.05) is 18.2 Å². The first-order chi connectivity index (χ1) is 8.79. The molecule has 0 saturated heterocycles. The Balaban J connectivity index is 1.97. The standard InChI is InChI=1S/C15H15BrClN/c16-14-8-6-12(7-9-14)11-18-15(10-17)13-4-2-1-3-5-13/h1-9,15,18H,10-11H2. The number of hydrogen-bond donors (Lipinski definition) is 1. The molecule has 1 nitrogen and oxygen atoms in total. The Morgan fingerprint density at radius 3 is 2.28 bits per heavy atom. The monoisotopic (exact) mass is 323 g/mol. The zero-order valence-corrected chi connectivity index (χ0v) is 12.3. The molecule has 1 atom stereocenters. The lowest BCUT2D eigenvalue weighted by molar-refractivity contribution is 0.579. The van der Waals surface area contributed by atoms with E-state index in [0.717, 1.165) is 11.0 Å². The molecular formula is C15H15BrClN. The minimum absolute atomic E-state index is 0.191. The van der Waals surface area contributed by atoms with Gasteiger partial charge in [0, 0.05) is 22.9 Å². The van der Waals surface area contributed by atoms with Crippen molar-refractivity contribution in [2.24, 2.45) is 0 Å². The normalized spacial score (nSPS) is 12.3. The van der Waals surface area contributed by atoms with Crippen LogP contribution in [0.15, 0.2) is 59.1 Å². The van der Waals surface area contributed by atoms with Crippen molar-refractivity contribution in [2.75, 3.05) is 5.88 Å². The zero-order chi connectivity index (χ0) is 12.8. The molecule has 94 valence electrons. The molecule has 18 heavy (non-hydrogen) atoms. The lowest BCUT2D eigenvalue weighted by Gasteiger charge is -2.16. The number of alkyl halides is 1. The predicted molar refractivity (Wildman–Crippen MR) is 80.9 cm³/mol. The molecule has 0 radical (unpaired) electrons. The van der Waals surface area contributed by atoms with Gasteiger partial charge in [-0.05, 0) is 23.3 Å². The molecular weight excluding hydrogens is 310 g/mol. The fourth-order valence-corrected chi connectivity index (χ4v) is 2.34. The number of halogens is 2. The van der Waals surface area contributed by atoms with Crippen molar-refractivity contribution in [3.8, 4) is 0 Å². The Bertz CT molecular complexity index is 470. The van der Waals surface area contributed by atoms with E-state index >= 15 is 0 Å². The van der Waals surface area contributed by atoms with Gasteiger partial charge in [-0.1, -0.05) is 58.4 Å². The van der Waals surface area contributed by atoms with E-state index < -0.39 is 0 Å². The highest BCUT2D eigenvalue weighted by atomic mass is 79.9. The molecule has 0 amide bonds. The summed E-state index contributed by atoms with van der Waals surface area (Å²) in [4.78, 5) is 0. The van der Waals surface area contributed by atoms with Gasteiger partial charge in [-0.15, -0.1) is 11.6 Å². The lowest BCUT2D eigenvalue weighted by Crippen LogP contribution is -2.22. The van der Waals surface area contributed by atoms with E-state index in [0.29, 0.717) is 5.88 Å². The third kappa shape index (κ3) is 3.84. The Morgan fingerprint density at radius 1 is 1.00 bits per heavy atom. The molecule has 0 heterocycles. The second-order valence-corrected chi connectivity index (χ2v) is 5.35. The van der Waals surface area contributed by atoms with Gasteiger partial charge in [0.1, 0.15) is 0 Å². The molecule has 2 rings (SSSR count). The molecule has 0 aliphatic rings. The summed E-state index contributed by atoms with van der Waals surface area (Å²) in [5.41, 5.74) is 2.48. The molecule has 0 saturated carbocycles. The zero-order valence-electron chi connectivity index (χ0n) is 9.94. The molecule has 1 unspecified atom stereocenters. The molecule has 0 aliphatic carbocycles. The summed E-state index contributed by atoms with van der Waals surface area (Å²) in [7, 11) is 0. The highest BCUT2D eigenvalue weighted by molar-refractivity contribution is 9.10. The summed E-state index contributed by atoms with van der Waals surface area (Å²) in [6.45, 7) is 0.819. The summed E-state index contributed by atoms with van der Waals surface area (Å²) < 4.78 is 1.10. The van der Waals surface area contributed by atoms with Crippen molar-refractivity contribution in [1.82, 2.24) is 5.32 Å².